The molecule has 3 rings (SSSR count). The minimum absolute atomic E-state index is 0.290. The minimum atomic E-state index is -3.77. The molecule has 150 valence electrons. The normalized spacial score (nSPS) is 14.3. The van der Waals surface area contributed by atoms with Crippen LogP contribution in [0.15, 0.2) is 36.4 Å². The summed E-state index contributed by atoms with van der Waals surface area (Å²) in [7, 11) is -3.77. The van der Waals surface area contributed by atoms with E-state index in [2.05, 4.69) is 5.32 Å². The van der Waals surface area contributed by atoms with Gasteiger partial charge in [-0.25, -0.2) is 8.42 Å². The van der Waals surface area contributed by atoms with E-state index in [1.807, 2.05) is 0 Å². The lowest BCUT2D eigenvalue weighted by atomic mass is 10.2. The predicted octanol–water partition coefficient (Wildman–Crippen LogP) is 3.56. The molecule has 1 amide bonds. The fourth-order valence-electron chi connectivity index (χ4n) is 2.85. The minimum Gasteiger partial charge on any atom is -0.486 e. The molecule has 0 spiro atoms. The molecule has 0 aromatic heterocycles. The molecule has 1 aliphatic heterocycles. The van der Waals surface area contributed by atoms with Gasteiger partial charge in [0.1, 0.15) is 19.3 Å². The van der Waals surface area contributed by atoms with Crippen LogP contribution >= 0.6 is 23.2 Å². The molecule has 28 heavy (non-hydrogen) atoms. The van der Waals surface area contributed by atoms with Gasteiger partial charge >= 0.3 is 0 Å². The number of nitrogens with zero attached hydrogens (tertiary/aromatic N) is 1. The van der Waals surface area contributed by atoms with Gasteiger partial charge in [0.25, 0.3) is 0 Å². The number of fused-ring (bicyclic) bond motifs is 1. The maximum atomic E-state index is 12.7. The number of amides is 1. The fraction of sp³-hybridized carbons (Fsp3) is 0.278. The first-order valence-corrected chi connectivity index (χ1v) is 10.9. The van der Waals surface area contributed by atoms with Crippen LogP contribution in [0, 0.1) is 0 Å². The quantitative estimate of drug-likeness (QED) is 0.761. The second-order valence-electron chi connectivity index (χ2n) is 6.21. The van der Waals surface area contributed by atoms with Gasteiger partial charge in [-0.2, -0.15) is 0 Å². The highest BCUT2D eigenvalue weighted by atomic mass is 35.5. The summed E-state index contributed by atoms with van der Waals surface area (Å²) in [4.78, 5) is 12.7. The number of anilines is 2. The van der Waals surface area contributed by atoms with E-state index in [-0.39, 0.29) is 0 Å². The third kappa shape index (κ3) is 4.63. The first-order chi connectivity index (χ1) is 13.1. The van der Waals surface area contributed by atoms with E-state index in [9.17, 15) is 13.2 Å². The molecule has 0 radical (unpaired) electrons. The third-order valence-corrected chi connectivity index (χ3v) is 5.68. The zero-order valence-corrected chi connectivity index (χ0v) is 17.4. The van der Waals surface area contributed by atoms with Crippen LogP contribution in [0.4, 0.5) is 11.4 Å². The topological polar surface area (TPSA) is 84.9 Å². The van der Waals surface area contributed by atoms with E-state index in [1.165, 1.54) is 31.2 Å². The molecule has 1 aliphatic rings. The first kappa shape index (κ1) is 20.6. The molecular weight excluding hydrogens is 427 g/mol. The highest BCUT2D eigenvalue weighted by Crippen LogP contribution is 2.35. The van der Waals surface area contributed by atoms with Gasteiger partial charge in [0.05, 0.1) is 11.9 Å². The van der Waals surface area contributed by atoms with Crippen LogP contribution in [0.5, 0.6) is 11.5 Å². The third-order valence-electron chi connectivity index (χ3n) is 4.00. The van der Waals surface area contributed by atoms with E-state index >= 15 is 0 Å². The van der Waals surface area contributed by atoms with Crippen molar-refractivity contribution in [2.24, 2.45) is 0 Å². The second kappa shape index (κ2) is 8.06. The highest BCUT2D eigenvalue weighted by Gasteiger charge is 2.30. The molecule has 1 heterocycles. The second-order valence-corrected chi connectivity index (χ2v) is 8.94. The largest absolute Gasteiger partial charge is 0.486 e. The first-order valence-electron chi connectivity index (χ1n) is 8.31. The van der Waals surface area contributed by atoms with Crippen molar-refractivity contribution < 1.29 is 22.7 Å². The maximum Gasteiger partial charge on any atom is 0.247 e. The van der Waals surface area contributed by atoms with E-state index in [1.54, 1.807) is 12.1 Å². The lowest BCUT2D eigenvalue weighted by Crippen LogP contribution is -2.45. The van der Waals surface area contributed by atoms with Gasteiger partial charge in [0.15, 0.2) is 11.5 Å². The number of benzene rings is 2. The summed E-state index contributed by atoms with van der Waals surface area (Å²) in [5, 5.41) is 3.34. The van der Waals surface area contributed by atoms with Gasteiger partial charge in [0.2, 0.25) is 15.9 Å². The van der Waals surface area contributed by atoms with Crippen LogP contribution in [0.1, 0.15) is 6.92 Å². The molecule has 1 N–H and O–H groups in total. The highest BCUT2D eigenvalue weighted by molar-refractivity contribution is 7.92. The Bertz CT molecular complexity index is 993. The summed E-state index contributed by atoms with van der Waals surface area (Å²) in [6.45, 7) is 2.27. The van der Waals surface area contributed by atoms with E-state index in [4.69, 9.17) is 32.7 Å². The average Bonchev–Trinajstić information content (AvgIpc) is 2.59. The van der Waals surface area contributed by atoms with Crippen LogP contribution < -0.4 is 19.1 Å². The molecule has 10 heteroatoms. The van der Waals surface area contributed by atoms with Crippen molar-refractivity contribution in [2.45, 2.75) is 13.0 Å². The molecule has 0 saturated heterocycles. The molecule has 0 fully saturated rings. The lowest BCUT2D eigenvalue weighted by molar-refractivity contribution is -0.116. The van der Waals surface area contributed by atoms with Gasteiger partial charge in [0, 0.05) is 21.8 Å². The van der Waals surface area contributed by atoms with Crippen LogP contribution in [-0.2, 0) is 14.8 Å². The molecular formula is C18H18Cl2N2O5S. The standard InChI is InChI=1S/C18H18Cl2N2O5S/c1-11(18(23)21-14-8-12(19)7-13(20)9-14)22(28(2,24)25)15-3-4-16-17(10-15)27-6-5-26-16/h3-4,7-11H,5-6H2,1-2H3,(H,21,23)/t11-/m1/s1. The van der Waals surface area contributed by atoms with Crippen LogP contribution in [0.25, 0.3) is 0 Å². The van der Waals surface area contributed by atoms with Crippen LogP contribution in [0.2, 0.25) is 10.0 Å². The Labute approximate surface area is 173 Å². The molecule has 7 nitrogen and oxygen atoms in total. The van der Waals surface area contributed by atoms with E-state index in [0.29, 0.717) is 46.1 Å². The summed E-state index contributed by atoms with van der Waals surface area (Å²) in [6, 6.07) is 8.24. The lowest BCUT2D eigenvalue weighted by Gasteiger charge is -2.29. The Morgan fingerprint density at radius 1 is 1.07 bits per heavy atom. The summed E-state index contributed by atoms with van der Waals surface area (Å²) in [5.74, 6) is 0.402. The number of halogens is 2. The Morgan fingerprint density at radius 2 is 1.68 bits per heavy atom. The summed E-state index contributed by atoms with van der Waals surface area (Å²) in [5.41, 5.74) is 0.656. The zero-order valence-electron chi connectivity index (χ0n) is 15.1. The molecule has 1 atom stereocenters. The molecule has 2 aromatic carbocycles. The Balaban J connectivity index is 1.90. The van der Waals surface area contributed by atoms with Crippen molar-refractivity contribution in [2.75, 3.05) is 29.1 Å². The van der Waals surface area contributed by atoms with Crippen molar-refractivity contribution >= 4 is 50.5 Å². The number of hydrogen-bond acceptors (Lipinski definition) is 5. The van der Waals surface area contributed by atoms with Crippen molar-refractivity contribution in [1.82, 2.24) is 0 Å². The van der Waals surface area contributed by atoms with Gasteiger partial charge < -0.3 is 14.8 Å². The Hall–Kier alpha value is -2.16. The van der Waals surface area contributed by atoms with Gasteiger partial charge in [-0.05, 0) is 37.3 Å². The molecule has 0 bridgehead atoms. The van der Waals surface area contributed by atoms with Crippen LogP contribution in [-0.4, -0.2) is 39.8 Å². The summed E-state index contributed by atoms with van der Waals surface area (Å²) >= 11 is 11.9. The molecule has 0 aliphatic carbocycles. The van der Waals surface area contributed by atoms with Crippen molar-refractivity contribution in [3.63, 3.8) is 0 Å². The Morgan fingerprint density at radius 3 is 2.29 bits per heavy atom. The number of carbonyl (C=O) groups is 1. The van der Waals surface area contributed by atoms with Gasteiger partial charge in [-0.3, -0.25) is 9.10 Å². The van der Waals surface area contributed by atoms with Crippen LogP contribution in [0.3, 0.4) is 0 Å². The van der Waals surface area contributed by atoms with Crippen molar-refractivity contribution in [1.29, 1.82) is 0 Å². The average molecular weight is 445 g/mol. The fourth-order valence-corrected chi connectivity index (χ4v) is 4.54. The smallest absolute Gasteiger partial charge is 0.247 e. The molecule has 2 aromatic rings. The number of ether oxygens (including phenoxy) is 2. The summed E-state index contributed by atoms with van der Waals surface area (Å²) < 4.78 is 36.9. The number of nitrogens with one attached hydrogen (secondary N) is 1. The molecule has 0 saturated carbocycles. The number of rotatable bonds is 5. The van der Waals surface area contributed by atoms with Crippen molar-refractivity contribution in [3.8, 4) is 11.5 Å². The number of sulfonamides is 1. The predicted molar refractivity (Wildman–Crippen MR) is 109 cm³/mol. The number of hydrogen-bond donors (Lipinski definition) is 1. The monoisotopic (exact) mass is 444 g/mol. The zero-order chi connectivity index (χ0) is 20.5. The van der Waals surface area contributed by atoms with E-state index < -0.39 is 22.0 Å². The SMILES string of the molecule is C[C@H](C(=O)Nc1cc(Cl)cc(Cl)c1)N(c1ccc2c(c1)OCCO2)S(C)(=O)=O. The van der Waals surface area contributed by atoms with Gasteiger partial charge in [-0.15, -0.1) is 0 Å². The van der Waals surface area contributed by atoms with E-state index in [0.717, 1.165) is 10.6 Å². The Kier molecular flexibility index (Phi) is 5.92. The van der Waals surface area contributed by atoms with Crippen molar-refractivity contribution in [3.05, 3.63) is 46.4 Å². The maximum absolute atomic E-state index is 12.7. The molecule has 0 unspecified atom stereocenters. The van der Waals surface area contributed by atoms with Gasteiger partial charge in [-0.1, -0.05) is 23.2 Å². The number of carbonyl (C=O) groups excluding carboxylic acids is 1. The summed E-state index contributed by atoms with van der Waals surface area (Å²) in [6.07, 6.45) is 1.03.